The summed E-state index contributed by atoms with van der Waals surface area (Å²) >= 11 is 0. The van der Waals surface area contributed by atoms with E-state index in [2.05, 4.69) is 10.2 Å². The van der Waals surface area contributed by atoms with E-state index in [1.807, 2.05) is 0 Å². The number of carbonyl (C=O) groups is 1. The summed E-state index contributed by atoms with van der Waals surface area (Å²) in [5, 5.41) is 16.1. The largest absolute Gasteiger partial charge is 0.395 e. The average molecular weight is 252 g/mol. The molecule has 1 saturated heterocycles. The summed E-state index contributed by atoms with van der Waals surface area (Å²) in [5.41, 5.74) is 7.21. The van der Waals surface area contributed by atoms with E-state index in [0.29, 0.717) is 17.9 Å². The van der Waals surface area contributed by atoms with E-state index < -0.39 is 0 Å². The molecule has 1 aliphatic heterocycles. The molecule has 0 spiro atoms. The monoisotopic (exact) mass is 252 g/mol. The summed E-state index contributed by atoms with van der Waals surface area (Å²) in [6.07, 6.45) is 3.94. The second kappa shape index (κ2) is 5.39. The smallest absolute Gasteiger partial charge is 0.276 e. The Morgan fingerprint density at radius 1 is 1.56 bits per heavy atom. The van der Waals surface area contributed by atoms with Gasteiger partial charge in [-0.25, -0.2) is 0 Å². The number of aliphatic hydroxyl groups excluding tert-OH is 1. The molecule has 0 saturated carbocycles. The molecule has 2 heterocycles. The average Bonchev–Trinajstić information content (AvgIpc) is 2.59. The first-order chi connectivity index (χ1) is 8.65. The SMILES string of the molecule is Cc1[nH]nc(C(=O)N2CCCCCC2CO)c1N. The van der Waals surface area contributed by atoms with Gasteiger partial charge in [0.15, 0.2) is 5.69 Å². The summed E-state index contributed by atoms with van der Waals surface area (Å²) in [7, 11) is 0. The number of anilines is 1. The highest BCUT2D eigenvalue weighted by molar-refractivity contribution is 5.97. The summed E-state index contributed by atoms with van der Waals surface area (Å²) < 4.78 is 0. The van der Waals surface area contributed by atoms with Crippen LogP contribution in [0.25, 0.3) is 0 Å². The first kappa shape index (κ1) is 12.9. The molecule has 1 amide bonds. The Bertz CT molecular complexity index is 430. The lowest BCUT2D eigenvalue weighted by Gasteiger charge is -2.28. The normalized spacial score (nSPS) is 20.8. The van der Waals surface area contributed by atoms with Crippen LogP contribution in [0.3, 0.4) is 0 Å². The highest BCUT2D eigenvalue weighted by Gasteiger charge is 2.28. The van der Waals surface area contributed by atoms with Crippen molar-refractivity contribution < 1.29 is 9.90 Å². The van der Waals surface area contributed by atoms with Crippen molar-refractivity contribution in [3.8, 4) is 0 Å². The molecular formula is C12H20N4O2. The van der Waals surface area contributed by atoms with Crippen molar-refractivity contribution in [3.05, 3.63) is 11.4 Å². The maximum absolute atomic E-state index is 12.4. The van der Waals surface area contributed by atoms with E-state index in [1.165, 1.54) is 0 Å². The zero-order valence-corrected chi connectivity index (χ0v) is 10.6. The molecule has 6 heteroatoms. The van der Waals surface area contributed by atoms with E-state index in [9.17, 15) is 9.90 Å². The summed E-state index contributed by atoms with van der Waals surface area (Å²) in [4.78, 5) is 14.1. The van der Waals surface area contributed by atoms with Gasteiger partial charge in [-0.05, 0) is 19.8 Å². The molecule has 2 rings (SSSR count). The maximum Gasteiger partial charge on any atom is 0.276 e. The Morgan fingerprint density at radius 2 is 2.33 bits per heavy atom. The van der Waals surface area contributed by atoms with Crippen molar-refractivity contribution >= 4 is 11.6 Å². The number of amides is 1. The lowest BCUT2D eigenvalue weighted by molar-refractivity contribution is 0.0595. The fourth-order valence-electron chi connectivity index (χ4n) is 2.37. The van der Waals surface area contributed by atoms with Gasteiger partial charge in [-0.3, -0.25) is 9.89 Å². The third kappa shape index (κ3) is 2.33. The number of aryl methyl sites for hydroxylation is 1. The van der Waals surface area contributed by atoms with E-state index in [4.69, 9.17) is 5.73 Å². The number of aromatic nitrogens is 2. The number of aliphatic hydroxyl groups is 1. The Kier molecular flexibility index (Phi) is 3.86. The van der Waals surface area contributed by atoms with Crippen molar-refractivity contribution in [1.82, 2.24) is 15.1 Å². The van der Waals surface area contributed by atoms with Gasteiger partial charge in [0.1, 0.15) is 0 Å². The quantitative estimate of drug-likeness (QED) is 0.721. The van der Waals surface area contributed by atoms with Gasteiger partial charge in [0.05, 0.1) is 24.0 Å². The van der Waals surface area contributed by atoms with Gasteiger partial charge in [0.2, 0.25) is 0 Å². The zero-order chi connectivity index (χ0) is 13.1. The second-order valence-electron chi connectivity index (χ2n) is 4.80. The first-order valence-corrected chi connectivity index (χ1v) is 6.37. The lowest BCUT2D eigenvalue weighted by Crippen LogP contribution is -2.42. The van der Waals surface area contributed by atoms with Crippen LogP contribution in [-0.4, -0.2) is 45.3 Å². The number of aromatic amines is 1. The van der Waals surface area contributed by atoms with Crippen molar-refractivity contribution in [3.63, 3.8) is 0 Å². The number of nitrogens with zero attached hydrogens (tertiary/aromatic N) is 2. The lowest BCUT2D eigenvalue weighted by atomic mass is 10.1. The third-order valence-corrected chi connectivity index (χ3v) is 3.55. The van der Waals surface area contributed by atoms with E-state index in [-0.39, 0.29) is 24.2 Å². The molecule has 0 aliphatic carbocycles. The number of nitrogens with two attached hydrogens (primary N) is 1. The Labute approximate surface area is 106 Å². The summed E-state index contributed by atoms with van der Waals surface area (Å²) in [5.74, 6) is -0.183. The topological polar surface area (TPSA) is 95.2 Å². The molecule has 1 aromatic rings. The molecule has 100 valence electrons. The highest BCUT2D eigenvalue weighted by atomic mass is 16.3. The molecule has 1 atom stereocenters. The van der Waals surface area contributed by atoms with E-state index >= 15 is 0 Å². The van der Waals surface area contributed by atoms with Crippen molar-refractivity contribution in [1.29, 1.82) is 0 Å². The number of nitrogen functional groups attached to an aromatic ring is 1. The summed E-state index contributed by atoms with van der Waals surface area (Å²) in [6.45, 7) is 2.44. The standard InChI is InChI=1S/C12H20N4O2/c1-8-10(13)11(15-14-8)12(18)16-6-4-2-3-5-9(16)7-17/h9,17H,2-7,13H2,1H3,(H,14,15). The predicted molar refractivity (Wildman–Crippen MR) is 68.1 cm³/mol. The molecule has 0 radical (unpaired) electrons. The van der Waals surface area contributed by atoms with Gasteiger partial charge in [-0.2, -0.15) is 5.10 Å². The minimum absolute atomic E-state index is 0.00491. The highest BCUT2D eigenvalue weighted by Crippen LogP contribution is 2.21. The zero-order valence-electron chi connectivity index (χ0n) is 10.6. The van der Waals surface area contributed by atoms with Crippen LogP contribution in [0, 0.1) is 6.92 Å². The number of hydrogen-bond acceptors (Lipinski definition) is 4. The van der Waals surface area contributed by atoms with Crippen LogP contribution in [-0.2, 0) is 0 Å². The molecule has 6 nitrogen and oxygen atoms in total. The minimum Gasteiger partial charge on any atom is -0.395 e. The van der Waals surface area contributed by atoms with E-state index in [0.717, 1.165) is 25.7 Å². The van der Waals surface area contributed by atoms with Crippen LogP contribution in [0.5, 0.6) is 0 Å². The first-order valence-electron chi connectivity index (χ1n) is 6.37. The number of carbonyl (C=O) groups excluding carboxylic acids is 1. The Hall–Kier alpha value is -1.56. The predicted octanol–water partition coefficient (Wildman–Crippen LogP) is 0.677. The molecule has 0 aromatic carbocycles. The fourth-order valence-corrected chi connectivity index (χ4v) is 2.37. The van der Waals surface area contributed by atoms with Crippen LogP contribution in [0.1, 0.15) is 41.9 Å². The van der Waals surface area contributed by atoms with Gasteiger partial charge in [-0.15, -0.1) is 0 Å². The number of likely N-dealkylation sites (tertiary alicyclic amines) is 1. The van der Waals surface area contributed by atoms with Crippen LogP contribution < -0.4 is 5.73 Å². The molecule has 1 aromatic heterocycles. The Morgan fingerprint density at radius 3 is 2.94 bits per heavy atom. The molecule has 4 N–H and O–H groups in total. The molecule has 1 aliphatic rings. The van der Waals surface area contributed by atoms with Gasteiger partial charge in [0.25, 0.3) is 5.91 Å². The minimum atomic E-state index is -0.183. The van der Waals surface area contributed by atoms with Crippen molar-refractivity contribution in [2.75, 3.05) is 18.9 Å². The van der Waals surface area contributed by atoms with Crippen LogP contribution in [0.2, 0.25) is 0 Å². The van der Waals surface area contributed by atoms with Gasteiger partial charge in [0, 0.05) is 6.54 Å². The van der Waals surface area contributed by atoms with Crippen molar-refractivity contribution in [2.24, 2.45) is 0 Å². The molecule has 18 heavy (non-hydrogen) atoms. The van der Waals surface area contributed by atoms with Crippen LogP contribution in [0.15, 0.2) is 0 Å². The van der Waals surface area contributed by atoms with Crippen molar-refractivity contribution in [2.45, 2.75) is 38.6 Å². The van der Waals surface area contributed by atoms with Gasteiger partial charge < -0.3 is 15.7 Å². The van der Waals surface area contributed by atoms with Crippen LogP contribution >= 0.6 is 0 Å². The van der Waals surface area contributed by atoms with E-state index in [1.54, 1.807) is 11.8 Å². The molecule has 0 bridgehead atoms. The van der Waals surface area contributed by atoms with Crippen LogP contribution in [0.4, 0.5) is 5.69 Å². The van der Waals surface area contributed by atoms with Gasteiger partial charge >= 0.3 is 0 Å². The number of rotatable bonds is 2. The number of hydrogen-bond donors (Lipinski definition) is 3. The molecule has 1 fully saturated rings. The summed E-state index contributed by atoms with van der Waals surface area (Å²) in [6, 6.07) is -0.114. The Balaban J connectivity index is 2.22. The molecular weight excluding hydrogens is 232 g/mol. The fraction of sp³-hybridized carbons (Fsp3) is 0.667. The second-order valence-corrected chi connectivity index (χ2v) is 4.80. The molecule has 1 unspecified atom stereocenters. The maximum atomic E-state index is 12.4. The number of H-pyrrole nitrogens is 1. The number of nitrogens with one attached hydrogen (secondary N) is 1. The van der Waals surface area contributed by atoms with Gasteiger partial charge in [-0.1, -0.05) is 12.8 Å². The third-order valence-electron chi connectivity index (χ3n) is 3.55.